The predicted octanol–water partition coefficient (Wildman–Crippen LogP) is 1.46. The lowest BCUT2D eigenvalue weighted by Crippen LogP contribution is -2.18. The molecule has 0 aromatic heterocycles. The van der Waals surface area contributed by atoms with Crippen molar-refractivity contribution in [3.05, 3.63) is 23.8 Å². The monoisotopic (exact) mass is 255 g/mol. The largest absolute Gasteiger partial charge is 0.385 e. The third kappa shape index (κ3) is 2.61. The van der Waals surface area contributed by atoms with E-state index in [2.05, 4.69) is 5.32 Å². The fourth-order valence-corrected chi connectivity index (χ4v) is 3.55. The van der Waals surface area contributed by atoms with E-state index < -0.39 is 9.84 Å². The van der Waals surface area contributed by atoms with Gasteiger partial charge in [-0.15, -0.1) is 0 Å². The first-order chi connectivity index (χ1) is 8.15. The van der Waals surface area contributed by atoms with Crippen LogP contribution in [0.25, 0.3) is 0 Å². The Morgan fingerprint density at radius 3 is 3.00 bits per heavy atom. The summed E-state index contributed by atoms with van der Waals surface area (Å²) < 4.78 is 29.2. The van der Waals surface area contributed by atoms with E-state index in [-0.39, 0.29) is 12.4 Å². The molecular formula is C12H17NO3S. The van der Waals surface area contributed by atoms with Crippen LogP contribution in [0.5, 0.6) is 0 Å². The van der Waals surface area contributed by atoms with Gasteiger partial charge in [0.1, 0.15) is 0 Å². The summed E-state index contributed by atoms with van der Waals surface area (Å²) in [5.74, 6) is 0.0416. The van der Waals surface area contributed by atoms with Crippen LogP contribution >= 0.6 is 0 Å². The predicted molar refractivity (Wildman–Crippen MR) is 67.2 cm³/mol. The molecule has 0 saturated carbocycles. The van der Waals surface area contributed by atoms with Gasteiger partial charge in [-0.2, -0.15) is 0 Å². The van der Waals surface area contributed by atoms with Crippen LogP contribution in [0.1, 0.15) is 12.0 Å². The Morgan fingerprint density at radius 1 is 1.41 bits per heavy atom. The average molecular weight is 255 g/mol. The van der Waals surface area contributed by atoms with E-state index in [1.54, 1.807) is 12.1 Å². The maximum Gasteiger partial charge on any atom is 0.180 e. The molecule has 1 aliphatic rings. The van der Waals surface area contributed by atoms with Gasteiger partial charge in [0.05, 0.1) is 17.3 Å². The molecule has 17 heavy (non-hydrogen) atoms. The minimum absolute atomic E-state index is 0.0416. The molecule has 0 atom stereocenters. The van der Waals surface area contributed by atoms with E-state index in [1.165, 1.54) is 7.11 Å². The zero-order valence-electron chi connectivity index (χ0n) is 9.90. The van der Waals surface area contributed by atoms with Crippen LogP contribution in [0.2, 0.25) is 0 Å². The molecule has 94 valence electrons. The first-order valence-corrected chi connectivity index (χ1v) is 7.38. The molecule has 4 nitrogen and oxygen atoms in total. The lowest BCUT2D eigenvalue weighted by molar-refractivity contribution is 0.217. The second-order valence-corrected chi connectivity index (χ2v) is 6.20. The van der Waals surface area contributed by atoms with Crippen LogP contribution in [0.3, 0.4) is 0 Å². The summed E-state index contributed by atoms with van der Waals surface area (Å²) >= 11 is 0. The molecule has 0 radical (unpaired) electrons. The lowest BCUT2D eigenvalue weighted by atomic mass is 10.0. The lowest BCUT2D eigenvalue weighted by Gasteiger charge is -2.20. The zero-order valence-corrected chi connectivity index (χ0v) is 10.7. The van der Waals surface area contributed by atoms with Crippen LogP contribution in [0.15, 0.2) is 23.1 Å². The number of ether oxygens (including phenoxy) is 1. The number of rotatable bonds is 4. The molecule has 0 bridgehead atoms. The summed E-state index contributed by atoms with van der Waals surface area (Å²) in [5, 5.41) is 3.24. The molecule has 5 heteroatoms. The van der Waals surface area contributed by atoms with Gasteiger partial charge in [0.2, 0.25) is 0 Å². The molecule has 0 saturated heterocycles. The summed E-state index contributed by atoms with van der Waals surface area (Å²) in [6.07, 6.45) is 1.80. The molecule has 1 N–H and O–H groups in total. The Labute approximate surface area is 102 Å². The van der Waals surface area contributed by atoms with Gasteiger partial charge < -0.3 is 10.1 Å². The number of hydrogen-bond donors (Lipinski definition) is 1. The van der Waals surface area contributed by atoms with Crippen molar-refractivity contribution < 1.29 is 13.2 Å². The Morgan fingerprint density at radius 2 is 2.24 bits per heavy atom. The smallest absolute Gasteiger partial charge is 0.180 e. The summed E-state index contributed by atoms with van der Waals surface area (Å²) in [6, 6.07) is 5.41. The highest BCUT2D eigenvalue weighted by molar-refractivity contribution is 7.91. The molecule has 0 spiro atoms. The van der Waals surface area contributed by atoms with Crippen LogP contribution in [0, 0.1) is 0 Å². The number of methoxy groups -OCH3 is 1. The van der Waals surface area contributed by atoms with E-state index in [9.17, 15) is 8.42 Å². The molecule has 1 heterocycles. The molecule has 1 aliphatic heterocycles. The summed E-state index contributed by atoms with van der Waals surface area (Å²) in [5.41, 5.74) is 1.88. The third-order valence-electron chi connectivity index (χ3n) is 2.94. The first kappa shape index (κ1) is 12.4. The van der Waals surface area contributed by atoms with E-state index in [1.807, 2.05) is 6.07 Å². The van der Waals surface area contributed by atoms with Crippen molar-refractivity contribution in [3.63, 3.8) is 0 Å². The van der Waals surface area contributed by atoms with Crippen molar-refractivity contribution in [1.29, 1.82) is 0 Å². The minimum atomic E-state index is -3.23. The van der Waals surface area contributed by atoms with Crippen molar-refractivity contribution >= 4 is 15.5 Å². The van der Waals surface area contributed by atoms with Gasteiger partial charge in [0.15, 0.2) is 9.84 Å². The van der Waals surface area contributed by atoms with E-state index in [0.29, 0.717) is 4.90 Å². The van der Waals surface area contributed by atoms with Gasteiger partial charge in [-0.1, -0.05) is 6.07 Å². The summed E-state index contributed by atoms with van der Waals surface area (Å²) in [7, 11) is -1.72. The van der Waals surface area contributed by atoms with Crippen molar-refractivity contribution in [3.8, 4) is 0 Å². The summed E-state index contributed by atoms with van der Waals surface area (Å²) in [6.45, 7) is 1.15. The number of benzene rings is 1. The second kappa shape index (κ2) is 5.06. The van der Waals surface area contributed by atoms with E-state index >= 15 is 0 Å². The first-order valence-electron chi connectivity index (χ1n) is 5.72. The Hall–Kier alpha value is -1.07. The number of nitrogens with one attached hydrogen (secondary N) is 1. The van der Waals surface area contributed by atoms with Crippen molar-refractivity contribution in [1.82, 2.24) is 0 Å². The van der Waals surface area contributed by atoms with Gasteiger partial charge in [-0.05, 0) is 30.5 Å². The topological polar surface area (TPSA) is 55.4 Å². The Balaban J connectivity index is 2.38. The van der Waals surface area contributed by atoms with Gasteiger partial charge in [0, 0.05) is 19.3 Å². The molecule has 1 aromatic carbocycles. The van der Waals surface area contributed by atoms with Crippen LogP contribution in [0.4, 0.5) is 5.69 Å². The summed E-state index contributed by atoms with van der Waals surface area (Å²) in [4.78, 5) is 0.458. The van der Waals surface area contributed by atoms with Gasteiger partial charge in [0.25, 0.3) is 0 Å². The molecule has 0 unspecified atom stereocenters. The highest BCUT2D eigenvalue weighted by atomic mass is 32.2. The van der Waals surface area contributed by atoms with Crippen molar-refractivity contribution in [2.45, 2.75) is 17.7 Å². The second-order valence-electron chi connectivity index (χ2n) is 4.12. The van der Waals surface area contributed by atoms with Crippen molar-refractivity contribution in [2.24, 2.45) is 0 Å². The van der Waals surface area contributed by atoms with Crippen LogP contribution in [-0.2, 0) is 21.0 Å². The third-order valence-corrected chi connectivity index (χ3v) is 4.70. The molecule has 0 amide bonds. The fraction of sp³-hybridized carbons (Fsp3) is 0.500. The fourth-order valence-electron chi connectivity index (χ4n) is 2.07. The highest BCUT2D eigenvalue weighted by Gasteiger charge is 2.21. The standard InChI is InChI=1S/C12H17NO3S/c1-16-8-9-17(14,15)12-6-2-5-11-10(12)4-3-7-13-11/h2,5-6,13H,3-4,7-9H2,1H3. The van der Waals surface area contributed by atoms with Gasteiger partial charge in [-0.3, -0.25) is 0 Å². The maximum absolute atomic E-state index is 12.2. The van der Waals surface area contributed by atoms with Gasteiger partial charge in [-0.25, -0.2) is 8.42 Å². The van der Waals surface area contributed by atoms with Crippen molar-refractivity contribution in [2.75, 3.05) is 31.3 Å². The van der Waals surface area contributed by atoms with Gasteiger partial charge >= 0.3 is 0 Å². The molecule has 0 fully saturated rings. The SMILES string of the molecule is COCCS(=O)(=O)c1cccc2c1CCCN2. The zero-order chi connectivity index (χ0) is 12.3. The number of anilines is 1. The molecule has 2 rings (SSSR count). The number of sulfone groups is 1. The number of hydrogen-bond acceptors (Lipinski definition) is 4. The molecule has 1 aromatic rings. The van der Waals surface area contributed by atoms with Crippen LogP contribution < -0.4 is 5.32 Å². The van der Waals surface area contributed by atoms with Crippen LogP contribution in [-0.4, -0.2) is 34.4 Å². The number of fused-ring (bicyclic) bond motifs is 1. The quantitative estimate of drug-likeness (QED) is 0.885. The Bertz CT molecular complexity index is 496. The molecular weight excluding hydrogens is 238 g/mol. The van der Waals surface area contributed by atoms with E-state index in [0.717, 1.165) is 30.6 Å². The highest BCUT2D eigenvalue weighted by Crippen LogP contribution is 2.28. The molecule has 0 aliphatic carbocycles. The Kier molecular flexibility index (Phi) is 3.69. The minimum Gasteiger partial charge on any atom is -0.385 e. The maximum atomic E-state index is 12.2. The normalized spacial score (nSPS) is 15.1. The van der Waals surface area contributed by atoms with E-state index in [4.69, 9.17) is 4.74 Å². The average Bonchev–Trinajstić information content (AvgIpc) is 2.36.